The molecule has 0 spiro atoms. The van der Waals surface area contributed by atoms with Crippen molar-refractivity contribution in [3.63, 3.8) is 0 Å². The highest BCUT2D eigenvalue weighted by Gasteiger charge is 2.17. The van der Waals surface area contributed by atoms with Gasteiger partial charge in [-0.05, 0) is 53.6 Å². The van der Waals surface area contributed by atoms with Crippen LogP contribution in [0, 0.1) is 13.8 Å². The summed E-state index contributed by atoms with van der Waals surface area (Å²) in [5, 5.41) is 14.4. The summed E-state index contributed by atoms with van der Waals surface area (Å²) in [5.74, 6) is 2.60. The van der Waals surface area contributed by atoms with E-state index in [9.17, 15) is 0 Å². The molecule has 0 aliphatic carbocycles. The van der Waals surface area contributed by atoms with Crippen molar-refractivity contribution >= 4 is 22.2 Å². The van der Waals surface area contributed by atoms with Gasteiger partial charge >= 0.3 is 0 Å². The van der Waals surface area contributed by atoms with E-state index in [2.05, 4.69) is 80.0 Å². The third-order valence-electron chi connectivity index (χ3n) is 6.30. The zero-order valence-electron chi connectivity index (χ0n) is 19.9. The molecular formula is C26H25N9. The van der Waals surface area contributed by atoms with Gasteiger partial charge < -0.3 is 9.13 Å². The molecule has 35 heavy (non-hydrogen) atoms. The highest BCUT2D eigenvalue weighted by atomic mass is 15.5. The molecule has 0 amide bonds. The van der Waals surface area contributed by atoms with Crippen molar-refractivity contribution in [2.75, 3.05) is 0 Å². The number of aryl methyl sites for hydroxylation is 3. The van der Waals surface area contributed by atoms with Crippen molar-refractivity contribution < 1.29 is 0 Å². The molecule has 4 aromatic heterocycles. The summed E-state index contributed by atoms with van der Waals surface area (Å²) in [7, 11) is 0. The number of rotatable bonds is 6. The van der Waals surface area contributed by atoms with E-state index in [0.29, 0.717) is 18.9 Å². The molecule has 4 heterocycles. The lowest BCUT2D eigenvalue weighted by Crippen LogP contribution is -2.06. The third kappa shape index (κ3) is 3.74. The van der Waals surface area contributed by atoms with E-state index < -0.39 is 0 Å². The third-order valence-corrected chi connectivity index (χ3v) is 6.30. The molecule has 0 radical (unpaired) electrons. The molecular weight excluding hydrogens is 438 g/mol. The molecule has 9 heteroatoms. The lowest BCUT2D eigenvalue weighted by molar-refractivity contribution is 0.745. The maximum Gasteiger partial charge on any atom is 0.168 e. The second-order valence-corrected chi connectivity index (χ2v) is 8.78. The molecule has 0 saturated heterocycles. The number of pyridine rings is 1. The standard InChI is InChI=1S/C26H25N9/c1-4-23-29-24-16(2)12-17(3)27-26(24)35(23)14-18-10-11-21-20(13-18)28-25(19-8-6-5-7-9-19)34(21)15-22-30-32-33-31-22/h5-13H,4,14-15H2,1-3H3,(H,30,31,32,33). The van der Waals surface area contributed by atoms with E-state index in [-0.39, 0.29) is 0 Å². The molecule has 9 nitrogen and oxygen atoms in total. The molecule has 0 fully saturated rings. The number of fused-ring (bicyclic) bond motifs is 2. The fourth-order valence-electron chi connectivity index (χ4n) is 4.70. The Morgan fingerprint density at radius 2 is 1.74 bits per heavy atom. The minimum Gasteiger partial charge on any atom is -0.316 e. The summed E-state index contributed by atoms with van der Waals surface area (Å²) in [6.07, 6.45) is 0.842. The Morgan fingerprint density at radius 3 is 2.51 bits per heavy atom. The molecule has 2 aromatic carbocycles. The van der Waals surface area contributed by atoms with Gasteiger partial charge in [0.1, 0.15) is 17.2 Å². The molecule has 0 aliphatic heterocycles. The highest BCUT2D eigenvalue weighted by molar-refractivity contribution is 5.82. The predicted molar refractivity (Wildman–Crippen MR) is 134 cm³/mol. The van der Waals surface area contributed by atoms with Crippen LogP contribution in [-0.4, -0.2) is 44.7 Å². The van der Waals surface area contributed by atoms with Gasteiger partial charge in [0.05, 0.1) is 24.1 Å². The quantitative estimate of drug-likeness (QED) is 0.396. The van der Waals surface area contributed by atoms with Gasteiger partial charge in [-0.25, -0.2) is 20.1 Å². The monoisotopic (exact) mass is 463 g/mol. The SMILES string of the molecule is CCc1nc2c(C)cc(C)nc2n1Cc1ccc2c(c1)nc(-c1ccccc1)n2Cc1nnn[nH]1. The molecule has 0 atom stereocenters. The maximum atomic E-state index is 5.03. The van der Waals surface area contributed by atoms with Gasteiger partial charge in [-0.15, -0.1) is 5.10 Å². The average molecular weight is 464 g/mol. The van der Waals surface area contributed by atoms with Crippen LogP contribution >= 0.6 is 0 Å². The summed E-state index contributed by atoms with van der Waals surface area (Å²) in [6.45, 7) is 7.45. The van der Waals surface area contributed by atoms with E-state index >= 15 is 0 Å². The first kappa shape index (κ1) is 21.2. The number of aromatic amines is 1. The Balaban J connectivity index is 1.46. The summed E-state index contributed by atoms with van der Waals surface area (Å²) >= 11 is 0. The Hall–Kier alpha value is -4.40. The number of nitrogens with zero attached hydrogens (tertiary/aromatic N) is 8. The zero-order chi connectivity index (χ0) is 23.9. The highest BCUT2D eigenvalue weighted by Crippen LogP contribution is 2.27. The molecule has 0 bridgehead atoms. The molecule has 0 unspecified atom stereocenters. The van der Waals surface area contributed by atoms with E-state index in [4.69, 9.17) is 15.0 Å². The number of imidazole rings is 2. The van der Waals surface area contributed by atoms with Gasteiger partial charge in [0, 0.05) is 17.7 Å². The normalized spacial score (nSPS) is 11.6. The lowest BCUT2D eigenvalue weighted by atomic mass is 10.2. The minimum absolute atomic E-state index is 0.502. The van der Waals surface area contributed by atoms with E-state index in [0.717, 1.165) is 62.7 Å². The van der Waals surface area contributed by atoms with Crippen molar-refractivity contribution in [1.29, 1.82) is 0 Å². The predicted octanol–water partition coefficient (Wildman–Crippen LogP) is 4.24. The Labute approximate surface area is 201 Å². The van der Waals surface area contributed by atoms with Crippen molar-refractivity contribution in [2.45, 2.75) is 40.3 Å². The number of hydrogen-bond donors (Lipinski definition) is 1. The van der Waals surface area contributed by atoms with Crippen molar-refractivity contribution in [3.05, 3.63) is 83.1 Å². The summed E-state index contributed by atoms with van der Waals surface area (Å²) < 4.78 is 4.38. The number of tetrazole rings is 1. The fourth-order valence-corrected chi connectivity index (χ4v) is 4.70. The van der Waals surface area contributed by atoms with Gasteiger partial charge in [-0.1, -0.05) is 43.3 Å². The van der Waals surface area contributed by atoms with Crippen LogP contribution in [0.2, 0.25) is 0 Å². The Morgan fingerprint density at radius 1 is 0.886 bits per heavy atom. The average Bonchev–Trinajstić information content (AvgIpc) is 3.59. The second kappa shape index (κ2) is 8.43. The van der Waals surface area contributed by atoms with Crippen LogP contribution in [0.3, 0.4) is 0 Å². The van der Waals surface area contributed by atoms with Crippen molar-refractivity contribution in [3.8, 4) is 11.4 Å². The van der Waals surface area contributed by atoms with Crippen LogP contribution in [0.15, 0.2) is 54.6 Å². The number of nitrogens with one attached hydrogen (secondary N) is 1. The fraction of sp³-hybridized carbons (Fsp3) is 0.231. The number of H-pyrrole nitrogens is 1. The smallest absolute Gasteiger partial charge is 0.168 e. The summed E-state index contributed by atoms with van der Waals surface area (Å²) in [5.41, 5.74) is 8.22. The van der Waals surface area contributed by atoms with Crippen molar-refractivity contribution in [2.24, 2.45) is 0 Å². The van der Waals surface area contributed by atoms with E-state index in [1.165, 1.54) is 0 Å². The second-order valence-electron chi connectivity index (χ2n) is 8.78. The van der Waals surface area contributed by atoms with Crippen molar-refractivity contribution in [1.82, 2.24) is 44.7 Å². The number of hydrogen-bond acceptors (Lipinski definition) is 6. The van der Waals surface area contributed by atoms with Crippen LogP contribution in [0.5, 0.6) is 0 Å². The molecule has 0 aliphatic rings. The van der Waals surface area contributed by atoms with E-state index in [1.54, 1.807) is 0 Å². The van der Waals surface area contributed by atoms with Gasteiger partial charge in [-0.3, -0.25) is 0 Å². The Kier molecular flexibility index (Phi) is 5.09. The number of benzene rings is 2. The van der Waals surface area contributed by atoms with Gasteiger partial charge in [-0.2, -0.15) is 0 Å². The van der Waals surface area contributed by atoms with Crippen LogP contribution in [0.25, 0.3) is 33.6 Å². The molecule has 174 valence electrons. The molecule has 6 rings (SSSR count). The minimum atomic E-state index is 0.502. The first-order chi connectivity index (χ1) is 17.1. The lowest BCUT2D eigenvalue weighted by Gasteiger charge is -2.09. The summed E-state index contributed by atoms with van der Waals surface area (Å²) in [4.78, 5) is 14.7. The van der Waals surface area contributed by atoms with Gasteiger partial charge in [0.25, 0.3) is 0 Å². The maximum absolute atomic E-state index is 5.03. The zero-order valence-corrected chi connectivity index (χ0v) is 19.9. The van der Waals surface area contributed by atoms with Gasteiger partial charge in [0.2, 0.25) is 0 Å². The van der Waals surface area contributed by atoms with E-state index in [1.807, 2.05) is 25.1 Å². The topological polar surface area (TPSA) is 103 Å². The molecule has 6 aromatic rings. The Bertz CT molecular complexity index is 1640. The number of aromatic nitrogens is 9. The molecule has 0 saturated carbocycles. The van der Waals surface area contributed by atoms with Crippen LogP contribution < -0.4 is 0 Å². The van der Waals surface area contributed by atoms with Crippen LogP contribution in [-0.2, 0) is 19.5 Å². The first-order valence-electron chi connectivity index (χ1n) is 11.7. The van der Waals surface area contributed by atoms with Crippen LogP contribution in [0.4, 0.5) is 0 Å². The molecule has 1 N–H and O–H groups in total. The van der Waals surface area contributed by atoms with Gasteiger partial charge in [0.15, 0.2) is 11.5 Å². The first-order valence-corrected chi connectivity index (χ1v) is 11.7. The largest absolute Gasteiger partial charge is 0.316 e. The summed E-state index contributed by atoms with van der Waals surface area (Å²) in [6, 6.07) is 18.7. The van der Waals surface area contributed by atoms with Crippen LogP contribution in [0.1, 0.15) is 35.4 Å².